The molecule has 2 rings (SSSR count). The van der Waals surface area contributed by atoms with Gasteiger partial charge >= 0.3 is 0 Å². The first kappa shape index (κ1) is 15.3. The Bertz CT molecular complexity index is 764. The second-order valence-corrected chi connectivity index (χ2v) is 5.99. The van der Waals surface area contributed by atoms with Gasteiger partial charge in [0, 0.05) is 5.56 Å². The lowest BCUT2D eigenvalue weighted by molar-refractivity contribution is 0.363. The standard InChI is InChI=1S/C16H16O4S/c1-3-9-20-14-6-4-5-13(11-14)15-10-12(2)7-8-16(15)21(17,18)19/h3-8,10-11H,1,9H2,2H3,(H,17,18,19). The lowest BCUT2D eigenvalue weighted by Crippen LogP contribution is -2.01. The van der Waals surface area contributed by atoms with Crippen LogP contribution in [-0.2, 0) is 10.1 Å². The highest BCUT2D eigenvalue weighted by molar-refractivity contribution is 7.86. The van der Waals surface area contributed by atoms with E-state index < -0.39 is 10.1 Å². The number of rotatable bonds is 5. The third kappa shape index (κ3) is 3.71. The van der Waals surface area contributed by atoms with E-state index in [0.717, 1.165) is 5.56 Å². The van der Waals surface area contributed by atoms with Crippen molar-refractivity contribution in [2.75, 3.05) is 6.61 Å². The van der Waals surface area contributed by atoms with Crippen molar-refractivity contribution in [1.82, 2.24) is 0 Å². The Labute approximate surface area is 124 Å². The Morgan fingerprint density at radius 3 is 2.67 bits per heavy atom. The van der Waals surface area contributed by atoms with E-state index in [1.54, 1.807) is 42.5 Å². The molecule has 2 aromatic carbocycles. The highest BCUT2D eigenvalue weighted by atomic mass is 32.2. The molecular formula is C16H16O4S. The Morgan fingerprint density at radius 1 is 1.24 bits per heavy atom. The lowest BCUT2D eigenvalue weighted by Gasteiger charge is -2.10. The molecule has 0 bridgehead atoms. The first-order valence-corrected chi connectivity index (χ1v) is 7.78. The molecule has 1 N–H and O–H groups in total. The van der Waals surface area contributed by atoms with Gasteiger partial charge in [-0.25, -0.2) is 0 Å². The van der Waals surface area contributed by atoms with Gasteiger partial charge < -0.3 is 4.74 Å². The van der Waals surface area contributed by atoms with E-state index in [4.69, 9.17) is 4.74 Å². The topological polar surface area (TPSA) is 63.6 Å². The molecule has 21 heavy (non-hydrogen) atoms. The molecule has 0 aliphatic carbocycles. The van der Waals surface area contributed by atoms with Crippen molar-refractivity contribution in [2.45, 2.75) is 11.8 Å². The largest absolute Gasteiger partial charge is 0.490 e. The van der Waals surface area contributed by atoms with Gasteiger partial charge in [-0.2, -0.15) is 8.42 Å². The molecule has 4 nitrogen and oxygen atoms in total. The molecule has 0 fully saturated rings. The first-order valence-electron chi connectivity index (χ1n) is 6.34. The first-order chi connectivity index (χ1) is 9.91. The van der Waals surface area contributed by atoms with Gasteiger partial charge in [-0.3, -0.25) is 4.55 Å². The number of hydrogen-bond donors (Lipinski definition) is 1. The highest BCUT2D eigenvalue weighted by Crippen LogP contribution is 2.30. The minimum atomic E-state index is -4.29. The lowest BCUT2D eigenvalue weighted by atomic mass is 10.0. The fourth-order valence-corrected chi connectivity index (χ4v) is 2.70. The second kappa shape index (κ2) is 6.11. The van der Waals surface area contributed by atoms with Crippen LogP contribution in [0.1, 0.15) is 5.56 Å². The van der Waals surface area contributed by atoms with Gasteiger partial charge in [-0.05, 0) is 30.7 Å². The highest BCUT2D eigenvalue weighted by Gasteiger charge is 2.17. The van der Waals surface area contributed by atoms with Crippen LogP contribution >= 0.6 is 0 Å². The summed E-state index contributed by atoms with van der Waals surface area (Å²) in [5.41, 5.74) is 2.00. The summed E-state index contributed by atoms with van der Waals surface area (Å²) >= 11 is 0. The monoisotopic (exact) mass is 304 g/mol. The van der Waals surface area contributed by atoms with Crippen molar-refractivity contribution in [1.29, 1.82) is 0 Å². The van der Waals surface area contributed by atoms with E-state index in [0.29, 0.717) is 23.5 Å². The van der Waals surface area contributed by atoms with Gasteiger partial charge in [-0.1, -0.05) is 42.5 Å². The summed E-state index contributed by atoms with van der Waals surface area (Å²) < 4.78 is 37.8. The quantitative estimate of drug-likeness (QED) is 0.678. The fraction of sp³-hybridized carbons (Fsp3) is 0.125. The minimum Gasteiger partial charge on any atom is -0.490 e. The Hall–Kier alpha value is -2.11. The van der Waals surface area contributed by atoms with Crippen LogP contribution < -0.4 is 4.74 Å². The average Bonchev–Trinajstić information content (AvgIpc) is 2.44. The minimum absolute atomic E-state index is 0.117. The van der Waals surface area contributed by atoms with Gasteiger partial charge in [0.15, 0.2) is 0 Å². The van der Waals surface area contributed by atoms with Crippen molar-refractivity contribution in [2.24, 2.45) is 0 Å². The molecule has 0 spiro atoms. The van der Waals surface area contributed by atoms with E-state index >= 15 is 0 Å². The average molecular weight is 304 g/mol. The second-order valence-electron chi connectivity index (χ2n) is 4.60. The Balaban J connectivity index is 2.56. The molecule has 0 aliphatic heterocycles. The molecule has 0 radical (unpaired) electrons. The maximum atomic E-state index is 11.5. The van der Waals surface area contributed by atoms with E-state index in [1.807, 2.05) is 6.92 Å². The molecule has 2 aromatic rings. The van der Waals surface area contributed by atoms with E-state index in [9.17, 15) is 13.0 Å². The summed E-state index contributed by atoms with van der Waals surface area (Å²) in [6.45, 7) is 5.80. The van der Waals surface area contributed by atoms with Crippen LogP contribution in [0.2, 0.25) is 0 Å². The maximum absolute atomic E-state index is 11.5. The zero-order valence-electron chi connectivity index (χ0n) is 11.6. The van der Waals surface area contributed by atoms with Gasteiger partial charge in [0.25, 0.3) is 10.1 Å². The summed E-state index contributed by atoms with van der Waals surface area (Å²) in [5, 5.41) is 0. The fourth-order valence-electron chi connectivity index (χ4n) is 2.00. The molecule has 0 amide bonds. The molecule has 0 saturated carbocycles. The molecule has 0 saturated heterocycles. The predicted molar refractivity (Wildman–Crippen MR) is 82.1 cm³/mol. The third-order valence-corrected chi connectivity index (χ3v) is 3.84. The van der Waals surface area contributed by atoms with Crippen molar-refractivity contribution >= 4 is 10.1 Å². The van der Waals surface area contributed by atoms with Crippen molar-refractivity contribution in [3.8, 4) is 16.9 Å². The van der Waals surface area contributed by atoms with Crippen LogP contribution in [-0.4, -0.2) is 19.6 Å². The van der Waals surface area contributed by atoms with Gasteiger partial charge in [-0.15, -0.1) is 0 Å². The third-order valence-electron chi connectivity index (χ3n) is 2.93. The van der Waals surface area contributed by atoms with Crippen LogP contribution in [0, 0.1) is 6.92 Å². The number of ether oxygens (including phenoxy) is 1. The van der Waals surface area contributed by atoms with Crippen LogP contribution in [0.3, 0.4) is 0 Å². The molecule has 0 unspecified atom stereocenters. The van der Waals surface area contributed by atoms with E-state index in [-0.39, 0.29) is 4.90 Å². The zero-order chi connectivity index (χ0) is 15.5. The van der Waals surface area contributed by atoms with E-state index in [1.165, 1.54) is 6.07 Å². The summed E-state index contributed by atoms with van der Waals surface area (Å²) in [6.07, 6.45) is 1.63. The zero-order valence-corrected chi connectivity index (χ0v) is 12.4. The van der Waals surface area contributed by atoms with Crippen LogP contribution in [0.4, 0.5) is 0 Å². The molecule has 0 aromatic heterocycles. The van der Waals surface area contributed by atoms with E-state index in [2.05, 4.69) is 6.58 Å². The summed E-state index contributed by atoms with van der Waals surface area (Å²) in [5.74, 6) is 0.607. The van der Waals surface area contributed by atoms with Crippen LogP contribution in [0.5, 0.6) is 5.75 Å². The van der Waals surface area contributed by atoms with Crippen LogP contribution in [0.25, 0.3) is 11.1 Å². The Morgan fingerprint density at radius 2 is 2.00 bits per heavy atom. The van der Waals surface area contributed by atoms with Crippen molar-refractivity contribution in [3.05, 3.63) is 60.7 Å². The predicted octanol–water partition coefficient (Wildman–Crippen LogP) is 3.47. The van der Waals surface area contributed by atoms with Crippen molar-refractivity contribution in [3.63, 3.8) is 0 Å². The smallest absolute Gasteiger partial charge is 0.295 e. The van der Waals surface area contributed by atoms with Crippen LogP contribution in [0.15, 0.2) is 60.0 Å². The maximum Gasteiger partial charge on any atom is 0.295 e. The molecule has 110 valence electrons. The Kier molecular flexibility index (Phi) is 4.45. The molecule has 5 heteroatoms. The van der Waals surface area contributed by atoms with Crippen molar-refractivity contribution < 1.29 is 17.7 Å². The van der Waals surface area contributed by atoms with Gasteiger partial charge in [0.1, 0.15) is 17.3 Å². The number of aryl methyl sites for hydroxylation is 1. The molecule has 0 atom stereocenters. The van der Waals surface area contributed by atoms with Gasteiger partial charge in [0.2, 0.25) is 0 Å². The summed E-state index contributed by atoms with van der Waals surface area (Å²) in [6, 6.07) is 11.8. The summed E-state index contributed by atoms with van der Waals surface area (Å²) in [4.78, 5) is -0.117. The molecule has 0 heterocycles. The van der Waals surface area contributed by atoms with Gasteiger partial charge in [0.05, 0.1) is 0 Å². The number of hydrogen-bond acceptors (Lipinski definition) is 3. The normalized spacial score (nSPS) is 11.1. The summed E-state index contributed by atoms with van der Waals surface area (Å²) in [7, 11) is -4.29. The molecular weight excluding hydrogens is 288 g/mol. The SMILES string of the molecule is C=CCOc1cccc(-c2cc(C)ccc2S(=O)(=O)O)c1. The number of benzene rings is 2. The molecule has 0 aliphatic rings.